The fourth-order valence-electron chi connectivity index (χ4n) is 3.24. The van der Waals surface area contributed by atoms with Crippen molar-refractivity contribution < 1.29 is 0 Å². The molecule has 0 amide bonds. The van der Waals surface area contributed by atoms with Crippen molar-refractivity contribution >= 4 is 10.8 Å². The first kappa shape index (κ1) is 18.0. The van der Waals surface area contributed by atoms with Crippen LogP contribution in [0.2, 0.25) is 0 Å². The summed E-state index contributed by atoms with van der Waals surface area (Å²) in [5.41, 5.74) is 1.25. The molecule has 0 fully saturated rings. The molecule has 1 heterocycles. The van der Waals surface area contributed by atoms with E-state index in [0.717, 1.165) is 6.42 Å². The lowest BCUT2D eigenvalue weighted by molar-refractivity contribution is 0.549. The number of rotatable bonds is 12. The van der Waals surface area contributed by atoms with Crippen LogP contribution >= 0.6 is 0 Å². The van der Waals surface area contributed by atoms with Crippen molar-refractivity contribution in [1.82, 2.24) is 4.98 Å². The molecule has 2 rings (SSSR count). The summed E-state index contributed by atoms with van der Waals surface area (Å²) in [6, 6.07) is 10.8. The summed E-state index contributed by atoms with van der Waals surface area (Å²) in [5, 5.41) is 2.57. The summed E-state index contributed by atoms with van der Waals surface area (Å²) in [6.07, 6.45) is 18.6. The van der Waals surface area contributed by atoms with Gasteiger partial charge in [0.25, 0.3) is 0 Å². The normalized spacial score (nSPS) is 11.2. The van der Waals surface area contributed by atoms with Crippen molar-refractivity contribution in [2.24, 2.45) is 0 Å². The molecule has 0 aliphatic heterocycles. The zero-order valence-corrected chi connectivity index (χ0v) is 14.9. The quantitative estimate of drug-likeness (QED) is 0.381. The molecule has 0 saturated heterocycles. The number of fused-ring (bicyclic) bond motifs is 1. The minimum atomic E-state index is 1.13. The van der Waals surface area contributed by atoms with E-state index in [4.69, 9.17) is 0 Å². The van der Waals surface area contributed by atoms with Crippen LogP contribution < -0.4 is 0 Å². The van der Waals surface area contributed by atoms with E-state index in [1.807, 2.05) is 6.20 Å². The van der Waals surface area contributed by atoms with Gasteiger partial charge in [-0.3, -0.25) is 4.98 Å². The highest BCUT2D eigenvalue weighted by Crippen LogP contribution is 2.16. The number of pyridine rings is 1. The number of benzene rings is 1. The molecule has 0 radical (unpaired) electrons. The van der Waals surface area contributed by atoms with Crippen LogP contribution in [-0.4, -0.2) is 4.98 Å². The van der Waals surface area contributed by atoms with Gasteiger partial charge in [-0.2, -0.15) is 0 Å². The Morgan fingerprint density at radius 2 is 1.26 bits per heavy atom. The van der Waals surface area contributed by atoms with Gasteiger partial charge < -0.3 is 0 Å². The molecular formula is C22H33N. The van der Waals surface area contributed by atoms with Gasteiger partial charge in [-0.1, -0.05) is 95.4 Å². The van der Waals surface area contributed by atoms with Crippen molar-refractivity contribution in [3.8, 4) is 0 Å². The molecule has 1 aromatic carbocycles. The fourth-order valence-corrected chi connectivity index (χ4v) is 3.24. The Morgan fingerprint density at radius 3 is 1.91 bits per heavy atom. The van der Waals surface area contributed by atoms with Crippen LogP contribution in [0.3, 0.4) is 0 Å². The minimum absolute atomic E-state index is 1.13. The van der Waals surface area contributed by atoms with Gasteiger partial charge in [0.05, 0.1) is 0 Å². The highest BCUT2D eigenvalue weighted by molar-refractivity contribution is 5.81. The van der Waals surface area contributed by atoms with Crippen LogP contribution in [-0.2, 0) is 6.42 Å². The number of unbranched alkanes of at least 4 members (excludes halogenated alkanes) is 10. The maximum atomic E-state index is 4.59. The van der Waals surface area contributed by atoms with Crippen LogP contribution in [0.25, 0.3) is 10.8 Å². The van der Waals surface area contributed by atoms with Crippen molar-refractivity contribution in [3.05, 3.63) is 42.2 Å². The van der Waals surface area contributed by atoms with E-state index in [1.54, 1.807) is 0 Å². The molecule has 0 spiro atoms. The Morgan fingerprint density at radius 1 is 0.696 bits per heavy atom. The molecule has 0 aliphatic rings. The summed E-state index contributed by atoms with van der Waals surface area (Å²) in [5.74, 6) is 0. The maximum absolute atomic E-state index is 4.59. The second-order valence-corrected chi connectivity index (χ2v) is 6.81. The van der Waals surface area contributed by atoms with Gasteiger partial charge >= 0.3 is 0 Å². The van der Waals surface area contributed by atoms with E-state index in [-0.39, 0.29) is 0 Å². The molecular weight excluding hydrogens is 278 g/mol. The second-order valence-electron chi connectivity index (χ2n) is 6.81. The summed E-state index contributed by atoms with van der Waals surface area (Å²) in [7, 11) is 0. The monoisotopic (exact) mass is 311 g/mol. The van der Waals surface area contributed by atoms with Crippen LogP contribution in [0.1, 0.15) is 83.2 Å². The van der Waals surface area contributed by atoms with Gasteiger partial charge in [0.2, 0.25) is 0 Å². The Balaban J connectivity index is 1.50. The van der Waals surface area contributed by atoms with Crippen LogP contribution in [0.4, 0.5) is 0 Å². The van der Waals surface area contributed by atoms with Crippen LogP contribution in [0, 0.1) is 0 Å². The van der Waals surface area contributed by atoms with Gasteiger partial charge in [0.15, 0.2) is 0 Å². The van der Waals surface area contributed by atoms with Gasteiger partial charge in [-0.05, 0) is 24.3 Å². The Kier molecular flexibility index (Phi) is 8.76. The Bertz CT molecular complexity index is 546. The van der Waals surface area contributed by atoms with E-state index in [0.29, 0.717) is 0 Å². The first-order valence-electron chi connectivity index (χ1n) is 9.74. The predicted octanol–water partition coefficient (Wildman–Crippen LogP) is 7.09. The number of aryl methyl sites for hydroxylation is 1. The van der Waals surface area contributed by atoms with Crippen molar-refractivity contribution in [2.45, 2.75) is 84.0 Å². The first-order valence-corrected chi connectivity index (χ1v) is 9.74. The molecule has 1 heteroatoms. The smallest absolute Gasteiger partial charge is 0.0410 e. The Labute approximate surface area is 142 Å². The number of hydrogen-bond acceptors (Lipinski definition) is 1. The van der Waals surface area contributed by atoms with Gasteiger partial charge in [0, 0.05) is 17.3 Å². The lowest BCUT2D eigenvalue weighted by Crippen LogP contribution is -1.91. The molecule has 1 nitrogen and oxygen atoms in total. The molecule has 0 aliphatic carbocycles. The van der Waals surface area contributed by atoms with E-state index < -0.39 is 0 Å². The lowest BCUT2D eigenvalue weighted by atomic mass is 10.0. The van der Waals surface area contributed by atoms with Crippen molar-refractivity contribution in [3.63, 3.8) is 0 Å². The molecule has 2 aromatic rings. The third-order valence-electron chi connectivity index (χ3n) is 4.72. The van der Waals surface area contributed by atoms with E-state index in [2.05, 4.69) is 42.2 Å². The van der Waals surface area contributed by atoms with E-state index in [1.165, 1.54) is 87.1 Å². The first-order chi connectivity index (χ1) is 11.4. The van der Waals surface area contributed by atoms with Crippen molar-refractivity contribution in [1.29, 1.82) is 0 Å². The molecule has 23 heavy (non-hydrogen) atoms. The zero-order valence-electron chi connectivity index (χ0n) is 14.9. The SMILES string of the molecule is CCCCCCCCCCCCCc1cc2ccccc2cn1. The van der Waals surface area contributed by atoms with Gasteiger partial charge in [0.1, 0.15) is 0 Å². The highest BCUT2D eigenvalue weighted by atomic mass is 14.7. The average molecular weight is 312 g/mol. The largest absolute Gasteiger partial charge is 0.261 e. The molecule has 0 unspecified atom stereocenters. The molecule has 0 atom stereocenters. The summed E-state index contributed by atoms with van der Waals surface area (Å²) < 4.78 is 0. The van der Waals surface area contributed by atoms with E-state index >= 15 is 0 Å². The van der Waals surface area contributed by atoms with Crippen molar-refractivity contribution in [2.75, 3.05) is 0 Å². The lowest BCUT2D eigenvalue weighted by Gasteiger charge is -2.04. The fraction of sp³-hybridized carbons (Fsp3) is 0.591. The number of aromatic nitrogens is 1. The van der Waals surface area contributed by atoms with E-state index in [9.17, 15) is 0 Å². The number of nitrogens with zero attached hydrogens (tertiary/aromatic N) is 1. The molecule has 1 aromatic heterocycles. The van der Waals surface area contributed by atoms with Crippen LogP contribution in [0.15, 0.2) is 36.5 Å². The Hall–Kier alpha value is -1.37. The van der Waals surface area contributed by atoms with Gasteiger partial charge in [-0.15, -0.1) is 0 Å². The zero-order chi connectivity index (χ0) is 16.2. The third-order valence-corrected chi connectivity index (χ3v) is 4.72. The average Bonchev–Trinajstić information content (AvgIpc) is 2.59. The third kappa shape index (κ3) is 7.16. The number of hydrogen-bond donors (Lipinski definition) is 0. The molecule has 0 N–H and O–H groups in total. The van der Waals surface area contributed by atoms with Crippen LogP contribution in [0.5, 0.6) is 0 Å². The standard InChI is InChI=1S/C22H33N/c1-2-3-4-5-6-7-8-9-10-11-12-17-22-18-20-15-13-14-16-21(20)19-23-22/h13-16,18-19H,2-12,17H2,1H3. The minimum Gasteiger partial charge on any atom is -0.261 e. The maximum Gasteiger partial charge on any atom is 0.0410 e. The highest BCUT2D eigenvalue weighted by Gasteiger charge is 1.98. The summed E-state index contributed by atoms with van der Waals surface area (Å²) in [6.45, 7) is 2.29. The van der Waals surface area contributed by atoms with Gasteiger partial charge in [-0.25, -0.2) is 0 Å². The molecule has 0 bridgehead atoms. The predicted molar refractivity (Wildman–Crippen MR) is 102 cm³/mol. The topological polar surface area (TPSA) is 12.9 Å². The second kappa shape index (κ2) is 11.2. The molecule has 0 saturated carbocycles. The summed E-state index contributed by atoms with van der Waals surface area (Å²) in [4.78, 5) is 4.59. The summed E-state index contributed by atoms with van der Waals surface area (Å²) >= 11 is 0. The molecule has 126 valence electrons.